The van der Waals surface area contributed by atoms with Crippen LogP contribution in [0, 0.1) is 11.3 Å². The minimum atomic E-state index is -0.333. The highest BCUT2D eigenvalue weighted by Gasteiger charge is 2.41. The molecule has 1 aliphatic carbocycles. The van der Waals surface area contributed by atoms with Gasteiger partial charge in [-0.15, -0.1) is 0 Å². The summed E-state index contributed by atoms with van der Waals surface area (Å²) in [6.07, 6.45) is 18.8. The van der Waals surface area contributed by atoms with Crippen molar-refractivity contribution in [2.24, 2.45) is 16.3 Å². The quantitative estimate of drug-likeness (QED) is 0.625. The number of nitrogens with zero attached hydrogens (tertiary/aromatic N) is 2. The van der Waals surface area contributed by atoms with Crippen molar-refractivity contribution >= 4 is 11.7 Å². The first kappa shape index (κ1) is 22.6. The molecule has 32 heavy (non-hydrogen) atoms. The van der Waals surface area contributed by atoms with Crippen LogP contribution in [0.4, 0.5) is 0 Å². The molecule has 0 spiro atoms. The van der Waals surface area contributed by atoms with Gasteiger partial charge in [0.05, 0.1) is 5.41 Å². The van der Waals surface area contributed by atoms with E-state index in [1.54, 1.807) is 0 Å². The van der Waals surface area contributed by atoms with Gasteiger partial charge in [-0.3, -0.25) is 4.79 Å². The summed E-state index contributed by atoms with van der Waals surface area (Å²) >= 11 is 0. The molecule has 1 atom stereocenters. The van der Waals surface area contributed by atoms with E-state index in [2.05, 4.69) is 70.7 Å². The number of carbonyl (C=O) groups is 1. The Labute approximate surface area is 193 Å². The number of piperidine rings is 1. The van der Waals surface area contributed by atoms with Crippen LogP contribution < -0.4 is 5.32 Å². The molecule has 1 N–H and O–H groups in total. The van der Waals surface area contributed by atoms with E-state index in [9.17, 15) is 4.79 Å². The molecule has 1 fully saturated rings. The minimum Gasteiger partial charge on any atom is -0.360 e. The molecule has 4 nitrogen and oxygen atoms in total. The highest BCUT2D eigenvalue weighted by Crippen LogP contribution is 2.36. The van der Waals surface area contributed by atoms with Crippen LogP contribution in [0.15, 0.2) is 71.4 Å². The summed E-state index contributed by atoms with van der Waals surface area (Å²) in [6, 6.07) is 10.5. The highest BCUT2D eigenvalue weighted by atomic mass is 16.2. The molecule has 0 bridgehead atoms. The molecule has 0 radical (unpaired) electrons. The number of rotatable bonds is 7. The van der Waals surface area contributed by atoms with E-state index in [0.29, 0.717) is 5.92 Å². The second kappa shape index (κ2) is 10.8. The van der Waals surface area contributed by atoms with Gasteiger partial charge in [-0.25, -0.2) is 4.99 Å². The zero-order valence-electron chi connectivity index (χ0n) is 19.4. The van der Waals surface area contributed by atoms with Crippen LogP contribution in [0.3, 0.4) is 0 Å². The number of nitrogens with one attached hydrogen (secondary N) is 1. The molecule has 1 unspecified atom stereocenters. The Kier molecular flexibility index (Phi) is 7.62. The number of hydrogen-bond donors (Lipinski definition) is 1. The Hall–Kier alpha value is -2.62. The molecule has 1 aromatic carbocycles. The maximum Gasteiger partial charge on any atom is 0.226 e. The highest BCUT2D eigenvalue weighted by molar-refractivity contribution is 5.86. The maximum absolute atomic E-state index is 13.5. The first-order chi connectivity index (χ1) is 15.7. The summed E-state index contributed by atoms with van der Waals surface area (Å²) in [4.78, 5) is 20.5. The molecule has 170 valence electrons. The van der Waals surface area contributed by atoms with E-state index in [4.69, 9.17) is 0 Å². The van der Waals surface area contributed by atoms with Crippen molar-refractivity contribution in [2.45, 2.75) is 58.3 Å². The predicted octanol–water partition coefficient (Wildman–Crippen LogP) is 5.44. The summed E-state index contributed by atoms with van der Waals surface area (Å²) < 4.78 is 0. The minimum absolute atomic E-state index is 0.232. The molecule has 0 aromatic heterocycles. The van der Waals surface area contributed by atoms with Crippen molar-refractivity contribution in [3.63, 3.8) is 0 Å². The lowest BCUT2D eigenvalue weighted by Crippen LogP contribution is -2.51. The lowest BCUT2D eigenvalue weighted by atomic mass is 9.72. The van der Waals surface area contributed by atoms with Crippen LogP contribution in [0.25, 0.3) is 0 Å². The predicted molar refractivity (Wildman–Crippen MR) is 132 cm³/mol. The third-order valence-corrected chi connectivity index (χ3v) is 7.29. The number of amidine groups is 1. The number of allylic oxidation sites excluding steroid dienone is 5. The van der Waals surface area contributed by atoms with Crippen LogP contribution in [0.2, 0.25) is 0 Å². The van der Waals surface area contributed by atoms with Crippen molar-refractivity contribution in [3.8, 4) is 0 Å². The summed E-state index contributed by atoms with van der Waals surface area (Å²) in [6.45, 7) is 4.76. The van der Waals surface area contributed by atoms with Gasteiger partial charge in [0.25, 0.3) is 0 Å². The number of benzene rings is 1. The molecular weight excluding hydrogens is 394 g/mol. The molecule has 4 rings (SSSR count). The Morgan fingerprint density at radius 1 is 1.22 bits per heavy atom. The van der Waals surface area contributed by atoms with Crippen LogP contribution in [0.1, 0.15) is 57.4 Å². The van der Waals surface area contributed by atoms with Gasteiger partial charge in [0.1, 0.15) is 5.84 Å². The first-order valence-electron chi connectivity index (χ1n) is 12.3. The van der Waals surface area contributed by atoms with E-state index >= 15 is 0 Å². The van der Waals surface area contributed by atoms with Crippen LogP contribution in [0.5, 0.6) is 0 Å². The lowest BCUT2D eigenvalue weighted by molar-refractivity contribution is -0.133. The van der Waals surface area contributed by atoms with Crippen molar-refractivity contribution in [3.05, 3.63) is 72.0 Å². The van der Waals surface area contributed by atoms with Gasteiger partial charge in [0, 0.05) is 32.3 Å². The fourth-order valence-electron chi connectivity index (χ4n) is 5.14. The molecule has 2 heterocycles. The Bertz CT molecular complexity index is 889. The standard InChI is InChI=1S/C28H37N3O/c1-2-23-11-13-24(14-12-23)15-19-30-27(32)28(22-25-8-4-3-5-9-25)16-20-31(21-17-28)26-10-6-7-18-29-26/h3-5,7-9,11-13,18,24H,2,6,10,14-17,19-22H2,1H3,(H,30,32). The third-order valence-electron chi connectivity index (χ3n) is 7.29. The molecule has 1 aromatic rings. The van der Waals surface area contributed by atoms with Crippen molar-refractivity contribution in [2.75, 3.05) is 19.6 Å². The second-order valence-corrected chi connectivity index (χ2v) is 9.43. The summed E-state index contributed by atoms with van der Waals surface area (Å²) in [7, 11) is 0. The fraction of sp³-hybridized carbons (Fsp3) is 0.500. The molecular formula is C28H37N3O. The van der Waals surface area contributed by atoms with Crippen molar-refractivity contribution in [1.29, 1.82) is 0 Å². The second-order valence-electron chi connectivity index (χ2n) is 9.43. The molecule has 4 heteroatoms. The van der Waals surface area contributed by atoms with Gasteiger partial charge in [0.2, 0.25) is 5.91 Å². The maximum atomic E-state index is 13.5. The fourth-order valence-corrected chi connectivity index (χ4v) is 5.14. The topological polar surface area (TPSA) is 44.7 Å². The average Bonchev–Trinajstić information content (AvgIpc) is 2.86. The smallest absolute Gasteiger partial charge is 0.226 e. The summed E-state index contributed by atoms with van der Waals surface area (Å²) in [5, 5.41) is 3.33. The number of hydrogen-bond acceptors (Lipinski definition) is 3. The first-order valence-corrected chi connectivity index (χ1v) is 12.3. The monoisotopic (exact) mass is 431 g/mol. The van der Waals surface area contributed by atoms with E-state index in [1.807, 2.05) is 12.3 Å². The van der Waals surface area contributed by atoms with E-state index in [1.165, 1.54) is 17.0 Å². The van der Waals surface area contributed by atoms with E-state index in [-0.39, 0.29) is 11.3 Å². The third kappa shape index (κ3) is 5.59. The van der Waals surface area contributed by atoms with Gasteiger partial charge in [-0.1, -0.05) is 67.1 Å². The zero-order valence-corrected chi connectivity index (χ0v) is 19.4. The lowest BCUT2D eigenvalue weighted by Gasteiger charge is -2.42. The zero-order chi connectivity index (χ0) is 22.2. The number of aliphatic imine (C=N–C) groups is 1. The SMILES string of the molecule is CCC1=CCC(CCNC(=O)C2(Cc3ccccc3)CCN(C3=NC=CCC3)CC2)C=C1. The van der Waals surface area contributed by atoms with Gasteiger partial charge in [-0.05, 0) is 56.4 Å². The number of amides is 1. The van der Waals surface area contributed by atoms with Crippen LogP contribution >= 0.6 is 0 Å². The molecule has 2 aliphatic heterocycles. The summed E-state index contributed by atoms with van der Waals surface area (Å²) in [5.74, 6) is 1.95. The van der Waals surface area contributed by atoms with E-state index in [0.717, 1.165) is 71.0 Å². The summed E-state index contributed by atoms with van der Waals surface area (Å²) in [5.41, 5.74) is 2.35. The van der Waals surface area contributed by atoms with Crippen molar-refractivity contribution in [1.82, 2.24) is 10.2 Å². The number of carbonyl (C=O) groups excluding carboxylic acids is 1. The van der Waals surface area contributed by atoms with Crippen LogP contribution in [-0.2, 0) is 11.2 Å². The Morgan fingerprint density at radius 2 is 2.03 bits per heavy atom. The van der Waals surface area contributed by atoms with Crippen LogP contribution in [-0.4, -0.2) is 36.3 Å². The Morgan fingerprint density at radius 3 is 2.69 bits per heavy atom. The molecule has 1 amide bonds. The largest absolute Gasteiger partial charge is 0.360 e. The van der Waals surface area contributed by atoms with Gasteiger partial charge in [0.15, 0.2) is 0 Å². The van der Waals surface area contributed by atoms with Gasteiger partial charge < -0.3 is 10.2 Å². The van der Waals surface area contributed by atoms with Gasteiger partial charge >= 0.3 is 0 Å². The Balaban J connectivity index is 1.37. The van der Waals surface area contributed by atoms with Crippen molar-refractivity contribution < 1.29 is 4.79 Å². The molecule has 0 saturated carbocycles. The average molecular weight is 432 g/mol. The van der Waals surface area contributed by atoms with E-state index < -0.39 is 0 Å². The normalized spacial score (nSPS) is 22.3. The molecule has 1 saturated heterocycles. The number of likely N-dealkylation sites (tertiary alicyclic amines) is 1. The van der Waals surface area contributed by atoms with Gasteiger partial charge in [-0.2, -0.15) is 0 Å². The molecule has 3 aliphatic rings.